The number of halogens is 3. The van der Waals surface area contributed by atoms with Crippen molar-refractivity contribution in [3.05, 3.63) is 29.8 Å². The van der Waals surface area contributed by atoms with E-state index in [1.165, 1.54) is 49.9 Å². The van der Waals surface area contributed by atoms with Gasteiger partial charge in [0.05, 0.1) is 6.04 Å². The zero-order chi connectivity index (χ0) is 28.1. The van der Waals surface area contributed by atoms with E-state index in [-0.39, 0.29) is 30.2 Å². The van der Waals surface area contributed by atoms with Gasteiger partial charge in [0.15, 0.2) is 0 Å². The van der Waals surface area contributed by atoms with Crippen molar-refractivity contribution in [1.29, 1.82) is 0 Å². The van der Waals surface area contributed by atoms with Crippen LogP contribution in [0.25, 0.3) is 0 Å². The van der Waals surface area contributed by atoms with Crippen molar-refractivity contribution in [2.24, 2.45) is 11.8 Å². The fourth-order valence-electron chi connectivity index (χ4n) is 4.02. The number of esters is 1. The van der Waals surface area contributed by atoms with Crippen molar-refractivity contribution in [2.45, 2.75) is 71.8 Å². The van der Waals surface area contributed by atoms with Crippen molar-refractivity contribution in [3.63, 3.8) is 0 Å². The summed E-state index contributed by atoms with van der Waals surface area (Å²) >= 11 is 0. The molecule has 0 radical (unpaired) electrons. The SMILES string of the molecule is CC(=O)Oc1ccc(C(=O)N[C@H](C(=O)N2CCC[C@H]2C(=O)NC(C(=O)C(F)(F)F)C(C)C)C(C)C)cc1. The molecule has 9 nitrogen and oxygen atoms in total. The van der Waals surface area contributed by atoms with Gasteiger partial charge in [-0.15, -0.1) is 0 Å². The second kappa shape index (κ2) is 12.2. The standard InChI is InChI=1S/C25H32F3N3O6/c1-13(2)19(21(33)25(26,27)28)29-23(35)18-7-6-12-31(18)24(36)20(14(3)4)30-22(34)16-8-10-17(11-9-16)37-15(5)32/h8-11,13-14,18-20H,6-7,12H2,1-5H3,(H,29,35)(H,30,34)/t18-,19?,20-/m0/s1. The van der Waals surface area contributed by atoms with Crippen LogP contribution in [-0.4, -0.2) is 65.2 Å². The van der Waals surface area contributed by atoms with E-state index in [0.29, 0.717) is 6.42 Å². The summed E-state index contributed by atoms with van der Waals surface area (Å²) in [7, 11) is 0. The molecule has 3 amide bonds. The molecule has 0 aliphatic carbocycles. The van der Waals surface area contributed by atoms with Crippen LogP contribution in [-0.2, 0) is 19.2 Å². The molecule has 1 saturated heterocycles. The lowest BCUT2D eigenvalue weighted by molar-refractivity contribution is -0.175. The van der Waals surface area contributed by atoms with Crippen LogP contribution in [0.4, 0.5) is 13.2 Å². The van der Waals surface area contributed by atoms with Crippen LogP contribution < -0.4 is 15.4 Å². The van der Waals surface area contributed by atoms with Gasteiger partial charge in [-0.3, -0.25) is 24.0 Å². The molecule has 1 aromatic carbocycles. The fourth-order valence-corrected chi connectivity index (χ4v) is 4.02. The Morgan fingerprint density at radius 2 is 1.51 bits per heavy atom. The number of Topliss-reactive ketones (excluding diaryl/α,β-unsaturated/α-hetero) is 1. The van der Waals surface area contributed by atoms with Gasteiger partial charge in [0, 0.05) is 19.0 Å². The minimum Gasteiger partial charge on any atom is -0.427 e. The Morgan fingerprint density at radius 1 is 0.946 bits per heavy atom. The summed E-state index contributed by atoms with van der Waals surface area (Å²) in [5, 5.41) is 4.83. The summed E-state index contributed by atoms with van der Waals surface area (Å²) in [5.74, 6) is -5.51. The summed E-state index contributed by atoms with van der Waals surface area (Å²) in [6.45, 7) is 7.59. The number of ketones is 1. The highest BCUT2D eigenvalue weighted by Crippen LogP contribution is 2.24. The zero-order valence-corrected chi connectivity index (χ0v) is 21.3. The van der Waals surface area contributed by atoms with Crippen molar-refractivity contribution >= 4 is 29.5 Å². The molecular formula is C25H32F3N3O6. The average Bonchev–Trinajstić information content (AvgIpc) is 3.29. The molecule has 0 bridgehead atoms. The third-order valence-corrected chi connectivity index (χ3v) is 5.96. The number of rotatable bonds is 9. The Labute approximate surface area is 213 Å². The van der Waals surface area contributed by atoms with Crippen LogP contribution in [0.2, 0.25) is 0 Å². The average molecular weight is 528 g/mol. The maximum Gasteiger partial charge on any atom is 0.452 e. The lowest BCUT2D eigenvalue weighted by atomic mass is 9.98. The first-order chi connectivity index (χ1) is 17.1. The first-order valence-electron chi connectivity index (χ1n) is 11.9. The van der Waals surface area contributed by atoms with E-state index < -0.39 is 59.7 Å². The summed E-state index contributed by atoms with van der Waals surface area (Å²) in [4.78, 5) is 63.2. The van der Waals surface area contributed by atoms with Crippen LogP contribution in [0.3, 0.4) is 0 Å². The molecule has 3 atom stereocenters. The molecule has 204 valence electrons. The molecule has 1 fully saturated rings. The van der Waals surface area contributed by atoms with Crippen LogP contribution in [0.1, 0.15) is 57.8 Å². The lowest BCUT2D eigenvalue weighted by Crippen LogP contribution is -2.58. The Kier molecular flexibility index (Phi) is 9.82. The molecule has 1 aliphatic heterocycles. The molecule has 1 heterocycles. The number of alkyl halides is 3. The fraction of sp³-hybridized carbons (Fsp3) is 0.560. The van der Waals surface area contributed by atoms with Crippen molar-refractivity contribution in [2.75, 3.05) is 6.54 Å². The lowest BCUT2D eigenvalue weighted by Gasteiger charge is -2.32. The molecule has 2 N–H and O–H groups in total. The van der Waals surface area contributed by atoms with E-state index in [9.17, 15) is 37.1 Å². The van der Waals surface area contributed by atoms with E-state index in [1.807, 2.05) is 0 Å². The first-order valence-corrected chi connectivity index (χ1v) is 11.9. The monoisotopic (exact) mass is 527 g/mol. The number of hydrogen-bond donors (Lipinski definition) is 2. The number of amides is 3. The molecule has 2 rings (SSSR count). The van der Waals surface area contributed by atoms with Crippen LogP contribution in [0.15, 0.2) is 24.3 Å². The molecule has 0 spiro atoms. The molecule has 0 aromatic heterocycles. The Bertz CT molecular complexity index is 1020. The largest absolute Gasteiger partial charge is 0.452 e. The number of ether oxygens (including phenoxy) is 1. The Balaban J connectivity index is 2.16. The van der Waals surface area contributed by atoms with Crippen LogP contribution in [0.5, 0.6) is 5.75 Å². The van der Waals surface area contributed by atoms with Gasteiger partial charge in [0.2, 0.25) is 11.8 Å². The van der Waals surface area contributed by atoms with Crippen molar-refractivity contribution in [3.8, 4) is 5.75 Å². The van der Waals surface area contributed by atoms with Gasteiger partial charge in [-0.2, -0.15) is 13.2 Å². The smallest absolute Gasteiger partial charge is 0.427 e. The highest BCUT2D eigenvalue weighted by atomic mass is 19.4. The number of likely N-dealkylation sites (tertiary alicyclic amines) is 1. The quantitative estimate of drug-likeness (QED) is 0.376. The maximum atomic E-state index is 13.4. The molecule has 1 unspecified atom stereocenters. The summed E-state index contributed by atoms with van der Waals surface area (Å²) in [6, 6.07) is 1.83. The van der Waals surface area contributed by atoms with E-state index in [2.05, 4.69) is 10.6 Å². The first kappa shape index (κ1) is 29.8. The predicted molar refractivity (Wildman–Crippen MR) is 126 cm³/mol. The molecule has 0 saturated carbocycles. The van der Waals surface area contributed by atoms with E-state index >= 15 is 0 Å². The van der Waals surface area contributed by atoms with Crippen molar-refractivity contribution in [1.82, 2.24) is 15.5 Å². The number of nitrogens with zero attached hydrogens (tertiary/aromatic N) is 1. The van der Waals surface area contributed by atoms with Gasteiger partial charge in [0.25, 0.3) is 11.7 Å². The highest BCUT2D eigenvalue weighted by molar-refractivity contribution is 5.99. The number of carbonyl (C=O) groups is 5. The third kappa shape index (κ3) is 7.77. The van der Waals surface area contributed by atoms with Gasteiger partial charge in [-0.25, -0.2) is 0 Å². The summed E-state index contributed by atoms with van der Waals surface area (Å²) in [5.41, 5.74) is 0.204. The Morgan fingerprint density at radius 3 is 2.00 bits per heavy atom. The third-order valence-electron chi connectivity index (χ3n) is 5.96. The second-order valence-corrected chi connectivity index (χ2v) is 9.60. The summed E-state index contributed by atoms with van der Waals surface area (Å²) < 4.78 is 43.9. The van der Waals surface area contributed by atoms with E-state index in [1.54, 1.807) is 13.8 Å². The normalized spacial score (nSPS) is 17.4. The van der Waals surface area contributed by atoms with E-state index in [4.69, 9.17) is 4.74 Å². The van der Waals surface area contributed by atoms with Gasteiger partial charge in [-0.1, -0.05) is 27.7 Å². The van der Waals surface area contributed by atoms with Crippen LogP contribution >= 0.6 is 0 Å². The Hall–Kier alpha value is -3.44. The second-order valence-electron chi connectivity index (χ2n) is 9.60. The molecular weight excluding hydrogens is 495 g/mol. The molecule has 1 aliphatic rings. The topological polar surface area (TPSA) is 122 Å². The number of carbonyl (C=O) groups excluding carboxylic acids is 5. The number of hydrogen-bond acceptors (Lipinski definition) is 6. The number of benzene rings is 1. The zero-order valence-electron chi connectivity index (χ0n) is 21.3. The van der Waals surface area contributed by atoms with E-state index in [0.717, 1.165) is 0 Å². The highest BCUT2D eigenvalue weighted by Gasteiger charge is 2.46. The maximum absolute atomic E-state index is 13.4. The van der Waals surface area contributed by atoms with Gasteiger partial charge in [-0.05, 0) is 48.9 Å². The van der Waals surface area contributed by atoms with Gasteiger partial charge >= 0.3 is 12.1 Å². The minimum atomic E-state index is -5.11. The summed E-state index contributed by atoms with van der Waals surface area (Å²) in [6.07, 6.45) is -4.48. The molecule has 37 heavy (non-hydrogen) atoms. The minimum absolute atomic E-state index is 0.173. The van der Waals surface area contributed by atoms with Gasteiger partial charge < -0.3 is 20.3 Å². The van der Waals surface area contributed by atoms with Gasteiger partial charge in [0.1, 0.15) is 17.8 Å². The molecule has 1 aromatic rings. The van der Waals surface area contributed by atoms with Crippen molar-refractivity contribution < 1.29 is 41.9 Å². The predicted octanol–water partition coefficient (Wildman–Crippen LogP) is 2.63. The number of nitrogens with one attached hydrogen (secondary N) is 2. The molecule has 12 heteroatoms. The van der Waals surface area contributed by atoms with Crippen LogP contribution in [0, 0.1) is 11.8 Å².